The highest BCUT2D eigenvalue weighted by Gasteiger charge is 2.39. The molecule has 0 radical (unpaired) electrons. The summed E-state index contributed by atoms with van der Waals surface area (Å²) in [7, 11) is 1.52. The Morgan fingerprint density at radius 3 is 2.61 bits per heavy atom. The number of carboxylic acids is 1. The molecular weight excluding hydrogens is 294 g/mol. The van der Waals surface area contributed by atoms with Gasteiger partial charge in [-0.1, -0.05) is 32.9 Å². The Morgan fingerprint density at radius 1 is 1.35 bits per heavy atom. The number of nitrogens with zero attached hydrogens (tertiary/aromatic N) is 1. The highest BCUT2D eigenvalue weighted by Crippen LogP contribution is 2.36. The number of carboxylic acid groups (broad SMARTS) is 1. The van der Waals surface area contributed by atoms with Crippen LogP contribution in [0.2, 0.25) is 0 Å². The zero-order valence-corrected chi connectivity index (χ0v) is 14.4. The van der Waals surface area contributed by atoms with Crippen molar-refractivity contribution in [2.24, 2.45) is 17.3 Å². The number of hydrogen-bond donors (Lipinski definition) is 2. The van der Waals surface area contributed by atoms with Crippen LogP contribution in [-0.4, -0.2) is 41.3 Å². The van der Waals surface area contributed by atoms with E-state index in [0.717, 1.165) is 18.5 Å². The molecule has 5 heteroatoms. The number of rotatable bonds is 5. The second-order valence-corrected chi connectivity index (χ2v) is 7.63. The molecule has 23 heavy (non-hydrogen) atoms. The fourth-order valence-electron chi connectivity index (χ4n) is 3.46. The van der Waals surface area contributed by atoms with Crippen LogP contribution in [0.1, 0.15) is 32.8 Å². The first-order valence-electron chi connectivity index (χ1n) is 8.01. The molecule has 0 aromatic heterocycles. The quantitative estimate of drug-likeness (QED) is 0.872. The number of aromatic hydroxyl groups is 1. The van der Waals surface area contributed by atoms with E-state index in [4.69, 9.17) is 4.74 Å². The van der Waals surface area contributed by atoms with E-state index in [9.17, 15) is 15.0 Å². The van der Waals surface area contributed by atoms with Gasteiger partial charge in [0.25, 0.3) is 0 Å². The van der Waals surface area contributed by atoms with Crippen molar-refractivity contribution in [3.8, 4) is 11.5 Å². The van der Waals surface area contributed by atoms with Crippen LogP contribution in [0.5, 0.6) is 11.5 Å². The fourth-order valence-corrected chi connectivity index (χ4v) is 3.46. The number of ether oxygens (including phenoxy) is 1. The lowest BCUT2D eigenvalue weighted by Crippen LogP contribution is -2.25. The Hall–Kier alpha value is -1.75. The minimum absolute atomic E-state index is 0.104. The molecule has 1 saturated heterocycles. The van der Waals surface area contributed by atoms with E-state index in [1.807, 2.05) is 12.1 Å². The van der Waals surface area contributed by atoms with Crippen LogP contribution in [0, 0.1) is 17.3 Å². The summed E-state index contributed by atoms with van der Waals surface area (Å²) in [5.41, 5.74) is 0.872. The van der Waals surface area contributed by atoms with Crippen LogP contribution >= 0.6 is 0 Å². The third-order valence-electron chi connectivity index (χ3n) is 4.40. The molecule has 1 fully saturated rings. The second kappa shape index (κ2) is 6.79. The van der Waals surface area contributed by atoms with E-state index in [-0.39, 0.29) is 23.0 Å². The van der Waals surface area contributed by atoms with Crippen LogP contribution in [0.3, 0.4) is 0 Å². The SMILES string of the molecule is COc1cccc(CN2C[C@@H](CC(C)(C)C)[C@H](C(=O)O)C2)c1O. The number of hydrogen-bond acceptors (Lipinski definition) is 4. The predicted octanol–water partition coefficient (Wildman–Crippen LogP) is 2.97. The van der Waals surface area contributed by atoms with Crippen molar-refractivity contribution in [1.82, 2.24) is 4.90 Å². The predicted molar refractivity (Wildman–Crippen MR) is 88.6 cm³/mol. The number of phenols is 1. The molecule has 0 amide bonds. The molecule has 128 valence electrons. The number of phenolic OH excluding ortho intramolecular Hbond substituents is 1. The van der Waals surface area contributed by atoms with Gasteiger partial charge in [0.1, 0.15) is 0 Å². The molecule has 0 saturated carbocycles. The van der Waals surface area contributed by atoms with E-state index < -0.39 is 5.97 Å². The van der Waals surface area contributed by atoms with Crippen molar-refractivity contribution in [1.29, 1.82) is 0 Å². The number of aliphatic carboxylic acids is 1. The van der Waals surface area contributed by atoms with E-state index in [1.54, 1.807) is 6.07 Å². The van der Waals surface area contributed by atoms with Crippen molar-refractivity contribution >= 4 is 5.97 Å². The highest BCUT2D eigenvalue weighted by molar-refractivity contribution is 5.71. The largest absolute Gasteiger partial charge is 0.504 e. The summed E-state index contributed by atoms with van der Waals surface area (Å²) in [6, 6.07) is 5.40. The summed E-state index contributed by atoms with van der Waals surface area (Å²) in [5, 5.41) is 19.7. The molecule has 1 heterocycles. The van der Waals surface area contributed by atoms with Crippen molar-refractivity contribution < 1.29 is 19.7 Å². The van der Waals surface area contributed by atoms with Gasteiger partial charge in [0.05, 0.1) is 13.0 Å². The molecule has 1 aromatic rings. The third kappa shape index (κ3) is 4.38. The molecule has 5 nitrogen and oxygen atoms in total. The maximum absolute atomic E-state index is 11.6. The Bertz CT molecular complexity index is 565. The minimum atomic E-state index is -0.725. The standard InChI is InChI=1S/C18H27NO4/c1-18(2,3)8-13-10-19(11-14(13)17(21)22)9-12-6-5-7-15(23-4)16(12)20/h5-7,13-14,20H,8-11H2,1-4H3,(H,21,22)/t13-,14-/m1/s1. The molecule has 1 aliphatic rings. The average molecular weight is 321 g/mol. The minimum Gasteiger partial charge on any atom is -0.504 e. The lowest BCUT2D eigenvalue weighted by atomic mass is 9.80. The summed E-state index contributed by atoms with van der Waals surface area (Å²) in [6.07, 6.45) is 0.880. The van der Waals surface area contributed by atoms with Gasteiger partial charge >= 0.3 is 5.97 Å². The van der Waals surface area contributed by atoms with Gasteiger partial charge in [-0.3, -0.25) is 9.69 Å². The summed E-state index contributed by atoms with van der Waals surface area (Å²) in [5.74, 6) is -0.345. The van der Waals surface area contributed by atoms with Gasteiger partial charge in [0.2, 0.25) is 0 Å². The number of carbonyl (C=O) groups is 1. The molecule has 2 rings (SSSR count). The van der Waals surface area contributed by atoms with Crippen LogP contribution in [-0.2, 0) is 11.3 Å². The van der Waals surface area contributed by atoms with Crippen LogP contribution in [0.4, 0.5) is 0 Å². The van der Waals surface area contributed by atoms with Crippen molar-refractivity contribution in [2.45, 2.75) is 33.7 Å². The van der Waals surface area contributed by atoms with Gasteiger partial charge in [-0.2, -0.15) is 0 Å². The molecule has 2 N–H and O–H groups in total. The van der Waals surface area contributed by atoms with Crippen molar-refractivity contribution in [3.05, 3.63) is 23.8 Å². The molecular formula is C18H27NO4. The van der Waals surface area contributed by atoms with Crippen molar-refractivity contribution in [2.75, 3.05) is 20.2 Å². The maximum atomic E-state index is 11.6. The van der Waals surface area contributed by atoms with Gasteiger partial charge in [-0.25, -0.2) is 0 Å². The van der Waals surface area contributed by atoms with E-state index in [1.165, 1.54) is 7.11 Å². The van der Waals surface area contributed by atoms with Crippen LogP contribution in [0.25, 0.3) is 0 Å². The number of methoxy groups -OCH3 is 1. The molecule has 0 bridgehead atoms. The molecule has 2 atom stereocenters. The molecule has 0 spiro atoms. The second-order valence-electron chi connectivity index (χ2n) is 7.63. The van der Waals surface area contributed by atoms with Gasteiger partial charge in [-0.15, -0.1) is 0 Å². The lowest BCUT2D eigenvalue weighted by molar-refractivity contribution is -0.142. The van der Waals surface area contributed by atoms with E-state index in [2.05, 4.69) is 25.7 Å². The van der Waals surface area contributed by atoms with Gasteiger partial charge in [0, 0.05) is 25.2 Å². The van der Waals surface area contributed by atoms with E-state index in [0.29, 0.717) is 18.8 Å². The molecule has 0 unspecified atom stereocenters. The van der Waals surface area contributed by atoms with Gasteiger partial charge in [0.15, 0.2) is 11.5 Å². The van der Waals surface area contributed by atoms with Crippen LogP contribution in [0.15, 0.2) is 18.2 Å². The van der Waals surface area contributed by atoms with E-state index >= 15 is 0 Å². The highest BCUT2D eigenvalue weighted by atomic mass is 16.5. The van der Waals surface area contributed by atoms with Crippen LogP contribution < -0.4 is 4.74 Å². The average Bonchev–Trinajstić information content (AvgIpc) is 2.82. The number of para-hydroxylation sites is 1. The zero-order valence-electron chi connectivity index (χ0n) is 14.4. The lowest BCUT2D eigenvalue weighted by Gasteiger charge is -2.25. The Morgan fingerprint density at radius 2 is 2.04 bits per heavy atom. The molecule has 1 aromatic carbocycles. The first-order valence-corrected chi connectivity index (χ1v) is 8.01. The number of benzene rings is 1. The Labute approximate surface area is 137 Å². The van der Waals surface area contributed by atoms with Gasteiger partial charge < -0.3 is 14.9 Å². The summed E-state index contributed by atoms with van der Waals surface area (Å²) < 4.78 is 5.13. The Kier molecular flexibility index (Phi) is 5.19. The van der Waals surface area contributed by atoms with Crippen molar-refractivity contribution in [3.63, 3.8) is 0 Å². The molecule has 0 aliphatic carbocycles. The monoisotopic (exact) mass is 321 g/mol. The maximum Gasteiger partial charge on any atom is 0.308 e. The topological polar surface area (TPSA) is 70.0 Å². The summed E-state index contributed by atoms with van der Waals surface area (Å²) in [6.45, 7) is 8.22. The summed E-state index contributed by atoms with van der Waals surface area (Å²) >= 11 is 0. The molecule has 1 aliphatic heterocycles. The first-order chi connectivity index (χ1) is 10.7. The first kappa shape index (κ1) is 17.6. The fraction of sp³-hybridized carbons (Fsp3) is 0.611. The van der Waals surface area contributed by atoms with Gasteiger partial charge in [-0.05, 0) is 23.8 Å². The third-order valence-corrected chi connectivity index (χ3v) is 4.40. The number of likely N-dealkylation sites (tertiary alicyclic amines) is 1. The smallest absolute Gasteiger partial charge is 0.308 e. The normalized spacial score (nSPS) is 22.3. The zero-order chi connectivity index (χ0) is 17.2. The summed E-state index contributed by atoms with van der Waals surface area (Å²) in [4.78, 5) is 13.7. The Balaban J connectivity index is 2.12.